The number of hydrogen-bond acceptors (Lipinski definition) is 2. The van der Waals surface area contributed by atoms with Gasteiger partial charge in [-0.3, -0.25) is 4.98 Å². The highest BCUT2D eigenvalue weighted by molar-refractivity contribution is 5.59. The maximum atomic E-state index is 12.5. The summed E-state index contributed by atoms with van der Waals surface area (Å²) in [5.41, 5.74) is 7.71. The Bertz CT molecular complexity index is 535. The first-order chi connectivity index (χ1) is 9.49. The lowest BCUT2D eigenvalue weighted by Crippen LogP contribution is -2.20. The van der Waals surface area contributed by atoms with Crippen LogP contribution in [-0.4, -0.2) is 17.7 Å². The van der Waals surface area contributed by atoms with Crippen molar-refractivity contribution in [2.75, 3.05) is 6.54 Å². The highest BCUT2D eigenvalue weighted by atomic mass is 19.4. The zero-order valence-electron chi connectivity index (χ0n) is 10.8. The van der Waals surface area contributed by atoms with Gasteiger partial charge in [0.1, 0.15) is 0 Å². The van der Waals surface area contributed by atoms with Crippen LogP contribution in [0.3, 0.4) is 0 Å². The minimum Gasteiger partial charge on any atom is -0.330 e. The number of nitrogens with zero attached hydrogens (tertiary/aromatic N) is 1. The first-order valence-electron chi connectivity index (χ1n) is 6.28. The molecule has 1 aromatic carbocycles. The van der Waals surface area contributed by atoms with Crippen molar-refractivity contribution in [3.05, 3.63) is 54.2 Å². The Hall–Kier alpha value is -1.88. The lowest BCUT2D eigenvalue weighted by molar-refractivity contribution is -0.138. The quantitative estimate of drug-likeness (QED) is 0.926. The van der Waals surface area contributed by atoms with Gasteiger partial charge in [0.25, 0.3) is 0 Å². The monoisotopic (exact) mass is 280 g/mol. The Morgan fingerprint density at radius 1 is 1.05 bits per heavy atom. The average Bonchev–Trinajstić information content (AvgIpc) is 2.45. The highest BCUT2D eigenvalue weighted by Gasteiger charge is 2.31. The van der Waals surface area contributed by atoms with Gasteiger partial charge in [0.05, 0.1) is 12.1 Å². The van der Waals surface area contributed by atoms with E-state index in [4.69, 9.17) is 5.73 Å². The molecule has 2 aromatic rings. The molecular weight excluding hydrogens is 265 g/mol. The molecule has 5 heteroatoms. The van der Waals surface area contributed by atoms with Gasteiger partial charge in [-0.25, -0.2) is 0 Å². The fourth-order valence-corrected chi connectivity index (χ4v) is 2.08. The van der Waals surface area contributed by atoms with Crippen molar-refractivity contribution in [1.82, 2.24) is 4.98 Å². The van der Waals surface area contributed by atoms with Gasteiger partial charge in [-0.05, 0) is 24.2 Å². The lowest BCUT2D eigenvalue weighted by Gasteiger charge is -2.17. The van der Waals surface area contributed by atoms with Crippen molar-refractivity contribution in [2.24, 2.45) is 5.73 Å². The molecule has 0 aliphatic heterocycles. The van der Waals surface area contributed by atoms with Crippen molar-refractivity contribution in [3.8, 4) is 11.3 Å². The lowest BCUT2D eigenvalue weighted by atomic mass is 9.94. The molecule has 0 amide bonds. The predicted octanol–water partition coefficient (Wildman–Crippen LogP) is 3.74. The molecule has 2 rings (SSSR count). The zero-order valence-corrected chi connectivity index (χ0v) is 10.8. The van der Waals surface area contributed by atoms with Crippen molar-refractivity contribution >= 4 is 0 Å². The van der Waals surface area contributed by atoms with Crippen molar-refractivity contribution in [3.63, 3.8) is 0 Å². The number of alkyl halides is 3. The van der Waals surface area contributed by atoms with Crippen LogP contribution in [0.2, 0.25) is 0 Å². The summed E-state index contributed by atoms with van der Waals surface area (Å²) in [5, 5.41) is 0. The summed E-state index contributed by atoms with van der Waals surface area (Å²) in [5.74, 6) is -0.701. The summed E-state index contributed by atoms with van der Waals surface area (Å²) in [4.78, 5) is 4.20. The fourth-order valence-electron chi connectivity index (χ4n) is 2.08. The predicted molar refractivity (Wildman–Crippen MR) is 72.1 cm³/mol. The molecule has 0 fully saturated rings. The molecule has 0 radical (unpaired) electrons. The van der Waals surface area contributed by atoms with Crippen LogP contribution in [0, 0.1) is 0 Å². The number of halogens is 3. The van der Waals surface area contributed by atoms with Crippen LogP contribution in [0.5, 0.6) is 0 Å². The molecule has 0 spiro atoms. The smallest absolute Gasteiger partial charge is 0.330 e. The molecule has 1 atom stereocenters. The first-order valence-corrected chi connectivity index (χ1v) is 6.28. The summed E-state index contributed by atoms with van der Waals surface area (Å²) < 4.78 is 37.4. The molecule has 0 saturated carbocycles. The number of nitrogens with two attached hydrogens (primary N) is 1. The maximum absolute atomic E-state index is 12.5. The molecule has 2 N–H and O–H groups in total. The second kappa shape index (κ2) is 6.05. The molecule has 106 valence electrons. The number of benzene rings is 1. The average molecular weight is 280 g/mol. The summed E-state index contributed by atoms with van der Waals surface area (Å²) in [7, 11) is 0. The Morgan fingerprint density at radius 3 is 2.25 bits per heavy atom. The SMILES string of the molecule is NCC(CC(F)(F)F)c1ccc(-c2ccccn2)cc1. The Labute approximate surface area is 115 Å². The minimum atomic E-state index is -4.20. The molecule has 0 bridgehead atoms. The van der Waals surface area contributed by atoms with E-state index in [2.05, 4.69) is 4.98 Å². The highest BCUT2D eigenvalue weighted by Crippen LogP contribution is 2.31. The molecule has 0 aliphatic rings. The van der Waals surface area contributed by atoms with E-state index in [-0.39, 0.29) is 6.54 Å². The third-order valence-electron chi connectivity index (χ3n) is 3.11. The van der Waals surface area contributed by atoms with Gasteiger partial charge in [0, 0.05) is 17.7 Å². The van der Waals surface area contributed by atoms with Crippen molar-refractivity contribution in [2.45, 2.75) is 18.5 Å². The van der Waals surface area contributed by atoms with Gasteiger partial charge in [-0.15, -0.1) is 0 Å². The largest absolute Gasteiger partial charge is 0.389 e. The van der Waals surface area contributed by atoms with Gasteiger partial charge in [0.15, 0.2) is 0 Å². The zero-order chi connectivity index (χ0) is 14.6. The standard InChI is InChI=1S/C15H15F3N2/c16-15(17,18)9-13(10-19)11-4-6-12(7-5-11)14-3-1-2-8-20-14/h1-8,13H,9-10,19H2. The van der Waals surface area contributed by atoms with Crippen molar-refractivity contribution in [1.29, 1.82) is 0 Å². The first kappa shape index (κ1) is 14.5. The van der Waals surface area contributed by atoms with Crippen LogP contribution in [-0.2, 0) is 0 Å². The van der Waals surface area contributed by atoms with E-state index in [9.17, 15) is 13.2 Å². The van der Waals surface area contributed by atoms with E-state index >= 15 is 0 Å². The van der Waals surface area contributed by atoms with Gasteiger partial charge in [0.2, 0.25) is 0 Å². The van der Waals surface area contributed by atoms with Gasteiger partial charge < -0.3 is 5.73 Å². The second-order valence-corrected chi connectivity index (χ2v) is 4.59. The van der Waals surface area contributed by atoms with Crippen molar-refractivity contribution < 1.29 is 13.2 Å². The second-order valence-electron chi connectivity index (χ2n) is 4.59. The maximum Gasteiger partial charge on any atom is 0.389 e. The third kappa shape index (κ3) is 3.81. The molecule has 0 saturated heterocycles. The molecule has 20 heavy (non-hydrogen) atoms. The minimum absolute atomic E-state index is 0.0254. The molecule has 0 aliphatic carbocycles. The van der Waals surface area contributed by atoms with Gasteiger partial charge >= 0.3 is 6.18 Å². The van der Waals surface area contributed by atoms with Crippen LogP contribution in [0.4, 0.5) is 13.2 Å². The van der Waals surface area contributed by atoms with E-state index in [0.29, 0.717) is 5.56 Å². The molecule has 1 unspecified atom stereocenters. The van der Waals surface area contributed by atoms with Crippen LogP contribution in [0.15, 0.2) is 48.7 Å². The summed E-state index contributed by atoms with van der Waals surface area (Å²) in [6.07, 6.45) is -3.42. The Morgan fingerprint density at radius 2 is 1.75 bits per heavy atom. The van der Waals surface area contributed by atoms with Gasteiger partial charge in [-0.2, -0.15) is 13.2 Å². The topological polar surface area (TPSA) is 38.9 Å². The normalized spacial score (nSPS) is 13.2. The van der Waals surface area contributed by atoms with Crippen LogP contribution >= 0.6 is 0 Å². The van der Waals surface area contributed by atoms with Crippen LogP contribution < -0.4 is 5.73 Å². The van der Waals surface area contributed by atoms with E-state index < -0.39 is 18.5 Å². The Kier molecular flexibility index (Phi) is 4.39. The molecular formula is C15H15F3N2. The molecule has 2 nitrogen and oxygen atoms in total. The number of rotatable bonds is 4. The van der Waals surface area contributed by atoms with Gasteiger partial charge in [-0.1, -0.05) is 30.3 Å². The number of aromatic nitrogens is 1. The third-order valence-corrected chi connectivity index (χ3v) is 3.11. The fraction of sp³-hybridized carbons (Fsp3) is 0.267. The summed E-state index contributed by atoms with van der Waals surface area (Å²) >= 11 is 0. The number of hydrogen-bond donors (Lipinski definition) is 1. The number of pyridine rings is 1. The van der Waals surface area contributed by atoms with Crippen LogP contribution in [0.25, 0.3) is 11.3 Å². The summed E-state index contributed by atoms with van der Waals surface area (Å²) in [6.45, 7) is -0.0254. The Balaban J connectivity index is 2.19. The van der Waals surface area contributed by atoms with E-state index in [1.165, 1.54) is 0 Å². The molecule has 1 aromatic heterocycles. The van der Waals surface area contributed by atoms with E-state index in [0.717, 1.165) is 11.3 Å². The molecule has 1 heterocycles. The van der Waals surface area contributed by atoms with E-state index in [1.54, 1.807) is 30.5 Å². The van der Waals surface area contributed by atoms with Crippen LogP contribution in [0.1, 0.15) is 17.9 Å². The van der Waals surface area contributed by atoms with E-state index in [1.807, 2.05) is 18.2 Å². The summed E-state index contributed by atoms with van der Waals surface area (Å²) in [6, 6.07) is 12.5.